The van der Waals surface area contributed by atoms with Gasteiger partial charge in [0.25, 0.3) is 0 Å². The molecule has 1 aliphatic carbocycles. The Morgan fingerprint density at radius 1 is 1.27 bits per heavy atom. The first-order chi connectivity index (χ1) is 14.5. The molecule has 1 amide bonds. The van der Waals surface area contributed by atoms with E-state index in [0.717, 1.165) is 52.6 Å². The summed E-state index contributed by atoms with van der Waals surface area (Å²) in [6.45, 7) is 3.64. The number of rotatable bonds is 7. The van der Waals surface area contributed by atoms with Gasteiger partial charge in [0.15, 0.2) is 5.13 Å². The lowest BCUT2D eigenvalue weighted by molar-refractivity contribution is -0.120. The summed E-state index contributed by atoms with van der Waals surface area (Å²) in [5.74, 6) is 0.969. The number of hydrogen-bond donors (Lipinski definition) is 3. The fraction of sp³-hybridized carbons (Fsp3) is 0.455. The Balaban J connectivity index is 1.52. The highest BCUT2D eigenvalue weighted by atomic mass is 32.1. The van der Waals surface area contributed by atoms with Crippen LogP contribution in [0.3, 0.4) is 0 Å². The van der Waals surface area contributed by atoms with Gasteiger partial charge in [-0.05, 0) is 38.0 Å². The molecular weight excluding hydrogens is 396 g/mol. The highest BCUT2D eigenvalue weighted by Crippen LogP contribution is 2.23. The molecule has 2 atom stereocenters. The van der Waals surface area contributed by atoms with Crippen LogP contribution < -0.4 is 16.0 Å². The normalized spacial score (nSPS) is 20.5. The Labute approximate surface area is 181 Å². The zero-order valence-electron chi connectivity index (χ0n) is 17.8. The van der Waals surface area contributed by atoms with E-state index in [1.54, 1.807) is 20.2 Å². The molecular formula is C22H30N6OS. The molecule has 2 heterocycles. The predicted molar refractivity (Wildman–Crippen MR) is 125 cm³/mol. The van der Waals surface area contributed by atoms with Crippen molar-refractivity contribution in [1.82, 2.24) is 20.6 Å². The van der Waals surface area contributed by atoms with Crippen molar-refractivity contribution in [2.24, 2.45) is 4.99 Å². The molecule has 0 saturated heterocycles. The maximum Gasteiger partial charge on any atom is 0.217 e. The van der Waals surface area contributed by atoms with E-state index in [0.29, 0.717) is 0 Å². The summed E-state index contributed by atoms with van der Waals surface area (Å²) in [6, 6.07) is 4.26. The highest BCUT2D eigenvalue weighted by molar-refractivity contribution is 7.21. The maximum absolute atomic E-state index is 11.5. The van der Waals surface area contributed by atoms with E-state index in [-0.39, 0.29) is 18.0 Å². The molecule has 2 unspecified atom stereocenters. The molecule has 0 radical (unpaired) electrons. The van der Waals surface area contributed by atoms with Crippen molar-refractivity contribution in [1.29, 1.82) is 0 Å². The number of amidine groups is 1. The van der Waals surface area contributed by atoms with Crippen LogP contribution in [0.1, 0.15) is 46.0 Å². The SMILES string of the molecule is CN=C(CC=C(C)/C=C/Nc1nc2cccnc2s1)NC1CCCCC1NC(C)=O. The van der Waals surface area contributed by atoms with E-state index < -0.39 is 0 Å². The summed E-state index contributed by atoms with van der Waals surface area (Å²) in [4.78, 5) is 25.6. The molecule has 1 aliphatic rings. The number of aliphatic imine (C=N–C) groups is 1. The fourth-order valence-corrected chi connectivity index (χ4v) is 4.35. The number of fused-ring (bicyclic) bond motifs is 1. The zero-order valence-corrected chi connectivity index (χ0v) is 18.6. The van der Waals surface area contributed by atoms with Gasteiger partial charge in [0.1, 0.15) is 16.2 Å². The molecule has 1 fully saturated rings. The molecule has 2 aromatic heterocycles. The van der Waals surface area contributed by atoms with E-state index in [9.17, 15) is 4.79 Å². The van der Waals surface area contributed by atoms with Crippen LogP contribution in [0.2, 0.25) is 0 Å². The number of hydrogen-bond acceptors (Lipinski definition) is 6. The summed E-state index contributed by atoms with van der Waals surface area (Å²) in [6.07, 6.45) is 13.0. The number of anilines is 1. The van der Waals surface area contributed by atoms with Crippen LogP contribution in [0.25, 0.3) is 10.3 Å². The van der Waals surface area contributed by atoms with Crippen molar-refractivity contribution in [2.45, 2.75) is 58.0 Å². The molecule has 0 bridgehead atoms. The lowest BCUT2D eigenvalue weighted by Crippen LogP contribution is -2.52. The zero-order chi connectivity index (χ0) is 21.3. The number of allylic oxidation sites excluding steroid dienone is 2. The average molecular weight is 427 g/mol. The van der Waals surface area contributed by atoms with Crippen LogP contribution in [0.15, 0.2) is 47.2 Å². The second kappa shape index (κ2) is 10.9. The molecule has 7 nitrogen and oxygen atoms in total. The van der Waals surface area contributed by atoms with Gasteiger partial charge in [-0.2, -0.15) is 0 Å². The first kappa shape index (κ1) is 22.0. The van der Waals surface area contributed by atoms with Gasteiger partial charge in [-0.3, -0.25) is 9.79 Å². The Morgan fingerprint density at radius 3 is 2.73 bits per heavy atom. The van der Waals surface area contributed by atoms with E-state index in [1.807, 2.05) is 24.4 Å². The van der Waals surface area contributed by atoms with Gasteiger partial charge in [0.2, 0.25) is 5.91 Å². The Bertz CT molecular complexity index is 915. The van der Waals surface area contributed by atoms with Gasteiger partial charge >= 0.3 is 0 Å². The number of carbonyl (C=O) groups is 1. The molecule has 0 spiro atoms. The molecule has 0 aromatic carbocycles. The minimum absolute atomic E-state index is 0.0287. The first-order valence-corrected chi connectivity index (χ1v) is 11.2. The number of carbonyl (C=O) groups excluding carboxylic acids is 1. The number of amides is 1. The monoisotopic (exact) mass is 426 g/mol. The molecule has 2 aromatic rings. The predicted octanol–water partition coefficient (Wildman–Crippen LogP) is 4.02. The van der Waals surface area contributed by atoms with E-state index in [1.165, 1.54) is 17.8 Å². The molecule has 30 heavy (non-hydrogen) atoms. The third-order valence-electron chi connectivity index (χ3n) is 5.11. The third kappa shape index (κ3) is 6.38. The second-order valence-corrected chi connectivity index (χ2v) is 8.47. The van der Waals surface area contributed by atoms with E-state index in [4.69, 9.17) is 0 Å². The van der Waals surface area contributed by atoms with Crippen LogP contribution >= 0.6 is 11.3 Å². The fourth-order valence-electron chi connectivity index (χ4n) is 3.57. The van der Waals surface area contributed by atoms with Gasteiger partial charge in [-0.1, -0.05) is 35.8 Å². The summed E-state index contributed by atoms with van der Waals surface area (Å²) < 4.78 is 0. The second-order valence-electron chi connectivity index (χ2n) is 7.49. The topological polar surface area (TPSA) is 91.3 Å². The van der Waals surface area contributed by atoms with Crippen molar-refractivity contribution in [3.05, 3.63) is 42.3 Å². The number of pyridine rings is 1. The van der Waals surface area contributed by atoms with Crippen molar-refractivity contribution < 1.29 is 4.79 Å². The van der Waals surface area contributed by atoms with Crippen molar-refractivity contribution in [3.63, 3.8) is 0 Å². The molecule has 1 saturated carbocycles. The molecule has 3 rings (SSSR count). The molecule has 0 aliphatic heterocycles. The smallest absolute Gasteiger partial charge is 0.217 e. The van der Waals surface area contributed by atoms with Crippen LogP contribution in [0.5, 0.6) is 0 Å². The minimum Gasteiger partial charge on any atom is -0.369 e. The van der Waals surface area contributed by atoms with E-state index in [2.05, 4.69) is 43.9 Å². The Kier molecular flexibility index (Phi) is 7.96. The van der Waals surface area contributed by atoms with Crippen molar-refractivity contribution in [3.8, 4) is 0 Å². The van der Waals surface area contributed by atoms with Crippen molar-refractivity contribution >= 4 is 38.6 Å². The van der Waals surface area contributed by atoms with Crippen LogP contribution in [0, 0.1) is 0 Å². The van der Waals surface area contributed by atoms with Crippen LogP contribution in [-0.4, -0.2) is 40.8 Å². The Hall–Kier alpha value is -2.74. The minimum atomic E-state index is 0.0287. The largest absolute Gasteiger partial charge is 0.369 e. The maximum atomic E-state index is 11.5. The number of thiazole rings is 1. The average Bonchev–Trinajstić information content (AvgIpc) is 3.14. The highest BCUT2D eigenvalue weighted by Gasteiger charge is 2.26. The van der Waals surface area contributed by atoms with Crippen molar-refractivity contribution in [2.75, 3.05) is 12.4 Å². The number of nitrogens with one attached hydrogen (secondary N) is 3. The van der Waals surface area contributed by atoms with Gasteiger partial charge in [-0.25, -0.2) is 9.97 Å². The molecule has 3 N–H and O–H groups in total. The number of nitrogens with zero attached hydrogens (tertiary/aromatic N) is 3. The lowest BCUT2D eigenvalue weighted by Gasteiger charge is -2.33. The summed E-state index contributed by atoms with van der Waals surface area (Å²) in [7, 11) is 1.81. The summed E-state index contributed by atoms with van der Waals surface area (Å²) in [5.41, 5.74) is 2.03. The molecule has 8 heteroatoms. The van der Waals surface area contributed by atoms with Gasteiger partial charge in [0.05, 0.1) is 0 Å². The number of aromatic nitrogens is 2. The lowest BCUT2D eigenvalue weighted by atomic mass is 9.90. The summed E-state index contributed by atoms with van der Waals surface area (Å²) in [5, 5.41) is 10.7. The Morgan fingerprint density at radius 2 is 2.03 bits per heavy atom. The van der Waals surface area contributed by atoms with Gasteiger partial charge in [0, 0.05) is 44.9 Å². The van der Waals surface area contributed by atoms with Crippen LogP contribution in [-0.2, 0) is 4.79 Å². The third-order valence-corrected chi connectivity index (χ3v) is 6.02. The molecule has 160 valence electrons. The summed E-state index contributed by atoms with van der Waals surface area (Å²) >= 11 is 1.53. The van der Waals surface area contributed by atoms with Gasteiger partial charge in [-0.15, -0.1) is 0 Å². The van der Waals surface area contributed by atoms with E-state index >= 15 is 0 Å². The van der Waals surface area contributed by atoms with Gasteiger partial charge < -0.3 is 16.0 Å². The standard InChI is InChI=1S/C22H30N6OS/c1-15(12-14-25-22-28-19-9-6-13-24-21(19)30-22)10-11-20(23-3)27-18-8-5-4-7-17(18)26-16(2)29/h6,9-10,12-14,17-18H,4-5,7-8,11H2,1-3H3,(H,23,27)(H,25,28)(H,26,29)/b14-12+,15-10?. The quantitative estimate of drug-likeness (QED) is 0.353. The first-order valence-electron chi connectivity index (χ1n) is 10.4. The van der Waals surface area contributed by atoms with Crippen LogP contribution in [0.4, 0.5) is 5.13 Å².